The molecular formula is C19H20N2O2. The molecule has 1 fully saturated rings. The van der Waals surface area contributed by atoms with Crippen LogP contribution >= 0.6 is 0 Å². The number of hydrazone groups is 1. The molecule has 4 heteroatoms. The molecule has 0 bridgehead atoms. The van der Waals surface area contributed by atoms with Gasteiger partial charge in [-0.2, -0.15) is 5.10 Å². The highest BCUT2D eigenvalue weighted by atomic mass is 16.3. The molecule has 0 aromatic heterocycles. The first-order valence-electron chi connectivity index (χ1n) is 7.93. The van der Waals surface area contributed by atoms with E-state index < -0.39 is 0 Å². The predicted octanol–water partition coefficient (Wildman–Crippen LogP) is 3.84. The number of hydrogen-bond donors (Lipinski definition) is 2. The Morgan fingerprint density at radius 3 is 2.35 bits per heavy atom. The highest BCUT2D eigenvalue weighted by Crippen LogP contribution is 2.31. The predicted molar refractivity (Wildman–Crippen MR) is 90.7 cm³/mol. The lowest BCUT2D eigenvalue weighted by Crippen LogP contribution is -2.22. The molecule has 1 saturated carbocycles. The highest BCUT2D eigenvalue weighted by Gasteiger charge is 2.19. The molecule has 3 rings (SSSR count). The van der Waals surface area contributed by atoms with Gasteiger partial charge in [0.1, 0.15) is 5.75 Å². The Morgan fingerprint density at radius 2 is 1.65 bits per heavy atom. The Morgan fingerprint density at radius 1 is 1.00 bits per heavy atom. The maximum absolute atomic E-state index is 12.0. The first kappa shape index (κ1) is 15.3. The third-order valence-electron chi connectivity index (χ3n) is 4.30. The van der Waals surface area contributed by atoms with Gasteiger partial charge in [-0.25, -0.2) is 5.43 Å². The molecule has 0 unspecified atom stereocenters. The monoisotopic (exact) mass is 308 g/mol. The van der Waals surface area contributed by atoms with E-state index in [2.05, 4.69) is 34.8 Å². The molecule has 1 aliphatic carbocycles. The van der Waals surface area contributed by atoms with E-state index in [9.17, 15) is 9.90 Å². The Labute approximate surface area is 135 Å². The number of phenols is 1. The van der Waals surface area contributed by atoms with Gasteiger partial charge in [-0.15, -0.1) is 0 Å². The third kappa shape index (κ3) is 3.77. The van der Waals surface area contributed by atoms with Crippen LogP contribution in [0.2, 0.25) is 0 Å². The van der Waals surface area contributed by atoms with Gasteiger partial charge in [0.25, 0.3) is 5.91 Å². The fraction of sp³-hybridized carbons (Fsp3) is 0.263. The molecule has 0 saturated heterocycles. The summed E-state index contributed by atoms with van der Waals surface area (Å²) >= 11 is 0. The smallest absolute Gasteiger partial charge is 0.275 e. The summed E-state index contributed by atoms with van der Waals surface area (Å²) in [5.41, 5.74) is 5.19. The summed E-state index contributed by atoms with van der Waals surface area (Å²) in [5, 5.41) is 13.9. The molecule has 2 N–H and O–H groups in total. The van der Waals surface area contributed by atoms with Crippen molar-refractivity contribution >= 4 is 11.6 Å². The van der Waals surface area contributed by atoms with Gasteiger partial charge in [0.05, 0.1) is 5.56 Å². The number of carbonyl (C=O) groups excluding carboxylic acids is 1. The fourth-order valence-electron chi connectivity index (χ4n) is 2.98. The lowest BCUT2D eigenvalue weighted by atomic mass is 9.83. The van der Waals surface area contributed by atoms with Crippen molar-refractivity contribution in [2.24, 2.45) is 5.10 Å². The second-order valence-electron chi connectivity index (χ2n) is 5.82. The van der Waals surface area contributed by atoms with Gasteiger partial charge < -0.3 is 5.11 Å². The number of benzene rings is 2. The van der Waals surface area contributed by atoms with Crippen molar-refractivity contribution in [3.05, 3.63) is 65.7 Å². The van der Waals surface area contributed by atoms with Gasteiger partial charge >= 0.3 is 0 Å². The number of aromatic hydroxyl groups is 1. The number of hydrogen-bond acceptors (Lipinski definition) is 3. The lowest BCUT2D eigenvalue weighted by Gasteiger charge is -2.23. The van der Waals surface area contributed by atoms with Crippen molar-refractivity contribution in [1.29, 1.82) is 0 Å². The van der Waals surface area contributed by atoms with E-state index in [1.807, 2.05) is 6.07 Å². The van der Waals surface area contributed by atoms with Crippen LogP contribution in [0.5, 0.6) is 5.75 Å². The van der Waals surface area contributed by atoms with Crippen LogP contribution in [0, 0.1) is 0 Å². The standard InChI is InChI=1S/C19H20N2O2/c22-18-9-5-4-8-17(18)19(23)21-20-16-12-10-15(11-13-16)14-6-2-1-3-7-14/h1-9,15,22H,10-13H2,(H,21,23). The second kappa shape index (κ2) is 7.09. The van der Waals surface area contributed by atoms with Crippen molar-refractivity contribution < 1.29 is 9.90 Å². The minimum absolute atomic E-state index is 0.0296. The van der Waals surface area contributed by atoms with E-state index in [-0.39, 0.29) is 17.2 Å². The number of rotatable bonds is 3. The van der Waals surface area contributed by atoms with E-state index in [1.165, 1.54) is 11.6 Å². The Kier molecular flexibility index (Phi) is 4.71. The van der Waals surface area contributed by atoms with Crippen LogP contribution < -0.4 is 5.43 Å². The van der Waals surface area contributed by atoms with Crippen LogP contribution in [0.25, 0.3) is 0 Å². The quantitative estimate of drug-likeness (QED) is 0.846. The van der Waals surface area contributed by atoms with Gasteiger partial charge in [0, 0.05) is 5.71 Å². The molecule has 1 amide bonds. The third-order valence-corrected chi connectivity index (χ3v) is 4.30. The summed E-state index contributed by atoms with van der Waals surface area (Å²) in [6.45, 7) is 0. The average Bonchev–Trinajstić information content (AvgIpc) is 2.61. The fourth-order valence-corrected chi connectivity index (χ4v) is 2.98. The first-order chi connectivity index (χ1) is 11.2. The summed E-state index contributed by atoms with van der Waals surface area (Å²) < 4.78 is 0. The maximum Gasteiger partial charge on any atom is 0.275 e. The molecule has 1 aliphatic rings. The van der Waals surface area contributed by atoms with Crippen LogP contribution in [-0.2, 0) is 0 Å². The molecule has 0 heterocycles. The molecule has 23 heavy (non-hydrogen) atoms. The van der Waals surface area contributed by atoms with E-state index in [0.29, 0.717) is 5.92 Å². The summed E-state index contributed by atoms with van der Waals surface area (Å²) in [4.78, 5) is 12.0. The molecule has 4 nitrogen and oxygen atoms in total. The topological polar surface area (TPSA) is 61.7 Å². The van der Waals surface area contributed by atoms with Crippen LogP contribution in [0.4, 0.5) is 0 Å². The van der Waals surface area contributed by atoms with Gasteiger partial charge in [-0.05, 0) is 49.3 Å². The second-order valence-corrected chi connectivity index (χ2v) is 5.82. The maximum atomic E-state index is 12.0. The zero-order valence-corrected chi connectivity index (χ0v) is 12.9. The average molecular weight is 308 g/mol. The van der Waals surface area contributed by atoms with E-state index >= 15 is 0 Å². The zero-order valence-electron chi connectivity index (χ0n) is 12.9. The van der Waals surface area contributed by atoms with Gasteiger partial charge in [0.15, 0.2) is 0 Å². The Bertz CT molecular complexity index is 700. The first-order valence-corrected chi connectivity index (χ1v) is 7.93. The minimum atomic E-state index is -0.374. The SMILES string of the molecule is O=C(NN=C1CCC(c2ccccc2)CC1)c1ccccc1O. The van der Waals surface area contributed by atoms with Crippen molar-refractivity contribution in [1.82, 2.24) is 5.43 Å². The van der Waals surface area contributed by atoms with E-state index in [4.69, 9.17) is 0 Å². The molecule has 118 valence electrons. The van der Waals surface area contributed by atoms with Gasteiger partial charge in [0.2, 0.25) is 0 Å². The number of amides is 1. The zero-order chi connectivity index (χ0) is 16.1. The normalized spacial score (nSPS) is 17.6. The molecule has 0 spiro atoms. The molecule has 2 aromatic carbocycles. The molecule has 0 radical (unpaired) electrons. The Balaban J connectivity index is 1.57. The van der Waals surface area contributed by atoms with Crippen molar-refractivity contribution in [2.45, 2.75) is 31.6 Å². The van der Waals surface area contributed by atoms with Crippen LogP contribution in [0.3, 0.4) is 0 Å². The summed E-state index contributed by atoms with van der Waals surface area (Å²) in [5.74, 6) is 0.169. The Hall–Kier alpha value is -2.62. The van der Waals surface area contributed by atoms with Crippen LogP contribution in [0.1, 0.15) is 47.5 Å². The van der Waals surface area contributed by atoms with E-state index in [0.717, 1.165) is 31.4 Å². The number of para-hydroxylation sites is 1. The number of nitrogens with zero attached hydrogens (tertiary/aromatic N) is 1. The van der Waals surface area contributed by atoms with Crippen molar-refractivity contribution in [3.63, 3.8) is 0 Å². The molecule has 0 aliphatic heterocycles. The number of carbonyl (C=O) groups is 1. The summed E-state index contributed by atoms with van der Waals surface area (Å²) in [7, 11) is 0. The molecule has 2 aromatic rings. The largest absolute Gasteiger partial charge is 0.507 e. The number of phenolic OH excluding ortho intramolecular Hbond substituents is 1. The van der Waals surface area contributed by atoms with E-state index in [1.54, 1.807) is 18.2 Å². The van der Waals surface area contributed by atoms with Crippen molar-refractivity contribution in [2.75, 3.05) is 0 Å². The van der Waals surface area contributed by atoms with Gasteiger partial charge in [-0.1, -0.05) is 42.5 Å². The highest BCUT2D eigenvalue weighted by molar-refractivity contribution is 5.97. The minimum Gasteiger partial charge on any atom is -0.507 e. The summed E-state index contributed by atoms with van der Waals surface area (Å²) in [6, 6.07) is 17.0. The van der Waals surface area contributed by atoms with Crippen molar-refractivity contribution in [3.8, 4) is 5.75 Å². The lowest BCUT2D eigenvalue weighted by molar-refractivity contribution is 0.0952. The summed E-state index contributed by atoms with van der Waals surface area (Å²) in [6.07, 6.45) is 3.88. The molecular weight excluding hydrogens is 288 g/mol. The van der Waals surface area contributed by atoms with Crippen LogP contribution in [0.15, 0.2) is 59.7 Å². The van der Waals surface area contributed by atoms with Gasteiger partial charge in [-0.3, -0.25) is 4.79 Å². The van der Waals surface area contributed by atoms with Crippen LogP contribution in [-0.4, -0.2) is 16.7 Å². The molecule has 0 atom stereocenters. The number of nitrogens with one attached hydrogen (secondary N) is 1.